The van der Waals surface area contributed by atoms with Gasteiger partial charge in [0.2, 0.25) is 5.82 Å². The summed E-state index contributed by atoms with van der Waals surface area (Å²) in [6.07, 6.45) is 5.19. The van der Waals surface area contributed by atoms with E-state index < -0.39 is 0 Å². The van der Waals surface area contributed by atoms with Gasteiger partial charge in [-0.05, 0) is 46.2 Å². The van der Waals surface area contributed by atoms with Gasteiger partial charge in [0.1, 0.15) is 0 Å². The van der Waals surface area contributed by atoms with Crippen molar-refractivity contribution in [2.24, 2.45) is 0 Å². The standard InChI is InChI=1S/C15H24N4O2/c1-11(2)18(10-13-6-4-5-8-16-13)15-14(19(20)21)12(3)7-9-17-15/h7,9,11,13,16H,4-6,8,10H2,1-3H3. The molecular weight excluding hydrogens is 268 g/mol. The van der Waals surface area contributed by atoms with E-state index in [1.807, 2.05) is 4.90 Å². The van der Waals surface area contributed by atoms with E-state index >= 15 is 0 Å². The highest BCUT2D eigenvalue weighted by atomic mass is 16.6. The first-order valence-corrected chi connectivity index (χ1v) is 7.60. The van der Waals surface area contributed by atoms with Crippen molar-refractivity contribution in [1.29, 1.82) is 0 Å². The minimum absolute atomic E-state index is 0.127. The molecule has 0 saturated carbocycles. The quantitative estimate of drug-likeness (QED) is 0.667. The van der Waals surface area contributed by atoms with Crippen molar-refractivity contribution in [3.63, 3.8) is 0 Å². The largest absolute Gasteiger partial charge is 0.347 e. The monoisotopic (exact) mass is 292 g/mol. The summed E-state index contributed by atoms with van der Waals surface area (Å²) in [7, 11) is 0. The van der Waals surface area contributed by atoms with Crippen LogP contribution in [0.5, 0.6) is 0 Å². The molecule has 1 atom stereocenters. The van der Waals surface area contributed by atoms with Gasteiger partial charge in [-0.1, -0.05) is 6.42 Å². The lowest BCUT2D eigenvalue weighted by molar-refractivity contribution is -0.384. The molecule has 1 saturated heterocycles. The highest BCUT2D eigenvalue weighted by Gasteiger charge is 2.27. The zero-order chi connectivity index (χ0) is 15.4. The van der Waals surface area contributed by atoms with Crippen LogP contribution in [0.4, 0.5) is 11.5 Å². The molecule has 1 unspecified atom stereocenters. The Hall–Kier alpha value is -1.69. The molecule has 0 amide bonds. The second-order valence-electron chi connectivity index (χ2n) is 5.95. The van der Waals surface area contributed by atoms with Gasteiger partial charge in [0.15, 0.2) is 0 Å². The molecule has 0 aliphatic carbocycles. The molecule has 2 heterocycles. The summed E-state index contributed by atoms with van der Waals surface area (Å²) >= 11 is 0. The van der Waals surface area contributed by atoms with Crippen LogP contribution in [-0.4, -0.2) is 35.1 Å². The molecule has 1 aromatic heterocycles. The first-order valence-electron chi connectivity index (χ1n) is 7.60. The molecule has 2 rings (SSSR count). The van der Waals surface area contributed by atoms with E-state index in [2.05, 4.69) is 24.1 Å². The smallest absolute Gasteiger partial charge is 0.314 e. The van der Waals surface area contributed by atoms with Gasteiger partial charge in [0.25, 0.3) is 0 Å². The third-order valence-corrected chi connectivity index (χ3v) is 4.01. The highest BCUT2D eigenvalue weighted by Crippen LogP contribution is 2.30. The average molecular weight is 292 g/mol. The number of anilines is 1. The molecule has 1 aliphatic heterocycles. The Balaban J connectivity index is 2.29. The molecular formula is C15H24N4O2. The molecule has 6 heteroatoms. The number of pyridine rings is 1. The van der Waals surface area contributed by atoms with Gasteiger partial charge < -0.3 is 10.2 Å². The van der Waals surface area contributed by atoms with Crippen LogP contribution in [0.2, 0.25) is 0 Å². The molecule has 0 aromatic carbocycles. The lowest BCUT2D eigenvalue weighted by atomic mass is 10.0. The molecule has 6 nitrogen and oxygen atoms in total. The summed E-state index contributed by atoms with van der Waals surface area (Å²) in [6, 6.07) is 2.24. The van der Waals surface area contributed by atoms with Crippen LogP contribution < -0.4 is 10.2 Å². The summed E-state index contributed by atoms with van der Waals surface area (Å²) < 4.78 is 0. The van der Waals surface area contributed by atoms with Crippen LogP contribution >= 0.6 is 0 Å². The van der Waals surface area contributed by atoms with Crippen LogP contribution in [-0.2, 0) is 0 Å². The molecule has 1 aliphatic rings. The van der Waals surface area contributed by atoms with Gasteiger partial charge in [-0.2, -0.15) is 0 Å². The molecule has 0 bridgehead atoms. The minimum atomic E-state index is -0.318. The van der Waals surface area contributed by atoms with Crippen LogP contribution in [0.3, 0.4) is 0 Å². The lowest BCUT2D eigenvalue weighted by Gasteiger charge is -2.33. The van der Waals surface area contributed by atoms with E-state index in [1.54, 1.807) is 19.2 Å². The summed E-state index contributed by atoms with van der Waals surface area (Å²) in [6.45, 7) is 7.66. The zero-order valence-corrected chi connectivity index (χ0v) is 13.0. The number of piperidine rings is 1. The number of nitrogens with one attached hydrogen (secondary N) is 1. The van der Waals surface area contributed by atoms with Crippen molar-refractivity contribution in [2.45, 2.75) is 52.1 Å². The maximum atomic E-state index is 11.4. The molecule has 1 aromatic rings. The maximum absolute atomic E-state index is 11.4. The summed E-state index contributed by atoms with van der Waals surface area (Å²) in [5.74, 6) is 0.488. The van der Waals surface area contributed by atoms with Crippen LogP contribution in [0.1, 0.15) is 38.7 Å². The number of rotatable bonds is 5. The van der Waals surface area contributed by atoms with Crippen LogP contribution in [0, 0.1) is 17.0 Å². The molecule has 1 N–H and O–H groups in total. The molecule has 21 heavy (non-hydrogen) atoms. The fourth-order valence-corrected chi connectivity index (χ4v) is 2.83. The van der Waals surface area contributed by atoms with Gasteiger partial charge in [-0.25, -0.2) is 4.98 Å². The predicted octanol–water partition coefficient (Wildman–Crippen LogP) is 2.66. The lowest BCUT2D eigenvalue weighted by Crippen LogP contribution is -2.46. The number of nitro groups is 1. The number of nitrogens with zero attached hydrogens (tertiary/aromatic N) is 3. The van der Waals surface area contributed by atoms with E-state index in [4.69, 9.17) is 0 Å². The minimum Gasteiger partial charge on any atom is -0.347 e. The molecule has 0 spiro atoms. The van der Waals surface area contributed by atoms with Gasteiger partial charge >= 0.3 is 5.69 Å². The Bertz CT molecular complexity index is 498. The van der Waals surface area contributed by atoms with Crippen molar-refractivity contribution in [2.75, 3.05) is 18.0 Å². The van der Waals surface area contributed by atoms with Crippen molar-refractivity contribution < 1.29 is 4.92 Å². The van der Waals surface area contributed by atoms with Gasteiger partial charge in [-0.3, -0.25) is 10.1 Å². The topological polar surface area (TPSA) is 71.3 Å². The number of hydrogen-bond donors (Lipinski definition) is 1. The Morgan fingerprint density at radius 1 is 1.52 bits per heavy atom. The summed E-state index contributed by atoms with van der Waals surface area (Å²) in [4.78, 5) is 17.4. The summed E-state index contributed by atoms with van der Waals surface area (Å²) in [5, 5.41) is 14.9. The van der Waals surface area contributed by atoms with Crippen LogP contribution in [0.15, 0.2) is 12.3 Å². The number of hydrogen-bond acceptors (Lipinski definition) is 5. The SMILES string of the molecule is Cc1ccnc(N(CC2CCCCN2)C(C)C)c1[N+](=O)[O-]. The molecule has 116 valence electrons. The van der Waals surface area contributed by atoms with Gasteiger partial charge in [0, 0.05) is 30.4 Å². The van der Waals surface area contributed by atoms with E-state index in [-0.39, 0.29) is 16.7 Å². The van der Waals surface area contributed by atoms with E-state index in [9.17, 15) is 10.1 Å². The Morgan fingerprint density at radius 2 is 2.29 bits per heavy atom. The molecule has 1 fully saturated rings. The Kier molecular flexibility index (Phi) is 5.12. The first-order chi connectivity index (χ1) is 10.0. The number of aromatic nitrogens is 1. The van der Waals surface area contributed by atoms with E-state index in [0.717, 1.165) is 19.5 Å². The van der Waals surface area contributed by atoms with Crippen molar-refractivity contribution in [3.8, 4) is 0 Å². The molecule has 0 radical (unpaired) electrons. The van der Waals surface area contributed by atoms with Gasteiger partial charge in [0.05, 0.1) is 4.92 Å². The Morgan fingerprint density at radius 3 is 2.86 bits per heavy atom. The summed E-state index contributed by atoms with van der Waals surface area (Å²) in [5.41, 5.74) is 0.786. The fourth-order valence-electron chi connectivity index (χ4n) is 2.83. The van der Waals surface area contributed by atoms with Crippen molar-refractivity contribution >= 4 is 11.5 Å². The van der Waals surface area contributed by atoms with Crippen LogP contribution in [0.25, 0.3) is 0 Å². The van der Waals surface area contributed by atoms with E-state index in [1.165, 1.54) is 12.8 Å². The van der Waals surface area contributed by atoms with Crippen molar-refractivity contribution in [3.05, 3.63) is 27.9 Å². The van der Waals surface area contributed by atoms with Crippen molar-refractivity contribution in [1.82, 2.24) is 10.3 Å². The van der Waals surface area contributed by atoms with Gasteiger partial charge in [-0.15, -0.1) is 0 Å². The van der Waals surface area contributed by atoms with E-state index in [0.29, 0.717) is 17.4 Å². The average Bonchev–Trinajstić information content (AvgIpc) is 2.45. The Labute approximate surface area is 125 Å². The normalized spacial score (nSPS) is 18.8. The second-order valence-corrected chi connectivity index (χ2v) is 5.95. The zero-order valence-electron chi connectivity index (χ0n) is 13.0. The predicted molar refractivity (Wildman–Crippen MR) is 83.8 cm³/mol. The first kappa shape index (κ1) is 15.7. The maximum Gasteiger partial charge on any atom is 0.314 e. The number of aryl methyl sites for hydroxylation is 1. The second kappa shape index (κ2) is 6.85. The highest BCUT2D eigenvalue weighted by molar-refractivity contribution is 5.62. The third-order valence-electron chi connectivity index (χ3n) is 4.01. The third kappa shape index (κ3) is 3.69. The fraction of sp³-hybridized carbons (Fsp3) is 0.667.